The first-order valence-corrected chi connectivity index (χ1v) is 7.05. The Morgan fingerprint density at radius 1 is 1.47 bits per heavy atom. The zero-order chi connectivity index (χ0) is 12.1. The standard InChI is InChI=1S/C12H11BrN2OS/c13-10-7-14-8-11-12(10)9(6-15-11)2-1-4-17-5-3-16/h6-8,15-16H,3-5H2. The first-order valence-electron chi connectivity index (χ1n) is 5.11. The lowest BCUT2D eigenvalue weighted by Gasteiger charge is -1.93. The fourth-order valence-electron chi connectivity index (χ4n) is 1.46. The van der Waals surface area contributed by atoms with Crippen LogP contribution >= 0.6 is 27.7 Å². The van der Waals surface area contributed by atoms with E-state index < -0.39 is 0 Å². The van der Waals surface area contributed by atoms with Gasteiger partial charge in [0, 0.05) is 28.0 Å². The number of fused-ring (bicyclic) bond motifs is 1. The number of pyridine rings is 1. The second-order valence-corrected chi connectivity index (χ2v) is 5.28. The van der Waals surface area contributed by atoms with Gasteiger partial charge in [0.1, 0.15) is 0 Å². The topological polar surface area (TPSA) is 48.9 Å². The number of aromatic nitrogens is 2. The highest BCUT2D eigenvalue weighted by molar-refractivity contribution is 9.10. The maximum Gasteiger partial charge on any atom is 0.0664 e. The molecule has 0 unspecified atom stereocenters. The van der Waals surface area contributed by atoms with Gasteiger partial charge in [-0.2, -0.15) is 0 Å². The Labute approximate surface area is 112 Å². The molecule has 0 amide bonds. The van der Waals surface area contributed by atoms with Crippen LogP contribution < -0.4 is 0 Å². The van der Waals surface area contributed by atoms with Gasteiger partial charge in [0.15, 0.2) is 0 Å². The molecule has 2 aromatic rings. The number of hydrogen-bond acceptors (Lipinski definition) is 3. The normalized spacial score (nSPS) is 10.2. The van der Waals surface area contributed by atoms with Crippen molar-refractivity contribution >= 4 is 38.6 Å². The molecule has 0 aliphatic carbocycles. The fraction of sp³-hybridized carbons (Fsp3) is 0.250. The van der Waals surface area contributed by atoms with E-state index in [0.717, 1.165) is 32.4 Å². The van der Waals surface area contributed by atoms with E-state index in [1.807, 2.05) is 6.20 Å². The van der Waals surface area contributed by atoms with E-state index in [-0.39, 0.29) is 6.61 Å². The monoisotopic (exact) mass is 310 g/mol. The van der Waals surface area contributed by atoms with Crippen LogP contribution in [0.25, 0.3) is 10.9 Å². The van der Waals surface area contributed by atoms with Gasteiger partial charge in [0.2, 0.25) is 0 Å². The number of aliphatic hydroxyl groups is 1. The molecule has 0 radical (unpaired) electrons. The number of H-pyrrole nitrogens is 1. The third kappa shape index (κ3) is 3.03. The molecule has 0 aliphatic heterocycles. The fourth-order valence-corrected chi connectivity index (χ4v) is 2.45. The smallest absolute Gasteiger partial charge is 0.0664 e. The number of nitrogens with one attached hydrogen (secondary N) is 1. The van der Waals surface area contributed by atoms with Crippen molar-refractivity contribution in [1.29, 1.82) is 0 Å². The van der Waals surface area contributed by atoms with Crippen molar-refractivity contribution in [2.45, 2.75) is 0 Å². The number of thioether (sulfide) groups is 1. The minimum absolute atomic E-state index is 0.205. The number of hydrogen-bond donors (Lipinski definition) is 2. The quantitative estimate of drug-likeness (QED) is 0.676. The highest BCUT2D eigenvalue weighted by atomic mass is 79.9. The zero-order valence-corrected chi connectivity index (χ0v) is 11.4. The van der Waals surface area contributed by atoms with E-state index in [1.54, 1.807) is 24.2 Å². The predicted molar refractivity (Wildman–Crippen MR) is 75.1 cm³/mol. The van der Waals surface area contributed by atoms with Crippen LogP contribution in [0.1, 0.15) is 5.56 Å². The average Bonchev–Trinajstić information content (AvgIpc) is 2.74. The summed E-state index contributed by atoms with van der Waals surface area (Å²) in [7, 11) is 0. The molecule has 2 rings (SSSR count). The molecule has 0 atom stereocenters. The van der Waals surface area contributed by atoms with Gasteiger partial charge in [-0.15, -0.1) is 11.8 Å². The van der Waals surface area contributed by atoms with E-state index in [9.17, 15) is 0 Å². The van der Waals surface area contributed by atoms with Gasteiger partial charge in [0.05, 0.1) is 29.6 Å². The van der Waals surface area contributed by atoms with Crippen LogP contribution in [0.15, 0.2) is 23.1 Å². The Balaban J connectivity index is 2.19. The molecule has 0 saturated heterocycles. The first kappa shape index (κ1) is 12.5. The summed E-state index contributed by atoms with van der Waals surface area (Å²) < 4.78 is 0.948. The second kappa shape index (κ2) is 6.10. The van der Waals surface area contributed by atoms with Crippen molar-refractivity contribution in [2.24, 2.45) is 0 Å². The van der Waals surface area contributed by atoms with Crippen LogP contribution in [0.4, 0.5) is 0 Å². The van der Waals surface area contributed by atoms with E-state index in [1.165, 1.54) is 0 Å². The molecule has 5 heteroatoms. The van der Waals surface area contributed by atoms with Crippen LogP contribution in [0, 0.1) is 11.8 Å². The molecule has 88 valence electrons. The molecule has 0 aliphatic rings. The van der Waals surface area contributed by atoms with Crippen LogP contribution in [0.2, 0.25) is 0 Å². The lowest BCUT2D eigenvalue weighted by molar-refractivity contribution is 0.322. The van der Waals surface area contributed by atoms with E-state index in [0.29, 0.717) is 0 Å². The van der Waals surface area contributed by atoms with Crippen molar-refractivity contribution in [3.63, 3.8) is 0 Å². The molecule has 2 aromatic heterocycles. The highest BCUT2D eigenvalue weighted by Gasteiger charge is 2.04. The molecular weight excluding hydrogens is 300 g/mol. The van der Waals surface area contributed by atoms with Crippen LogP contribution in [-0.2, 0) is 0 Å². The second-order valence-electron chi connectivity index (χ2n) is 3.32. The van der Waals surface area contributed by atoms with E-state index in [2.05, 4.69) is 37.7 Å². The van der Waals surface area contributed by atoms with Crippen molar-refractivity contribution in [3.8, 4) is 11.8 Å². The van der Waals surface area contributed by atoms with Gasteiger partial charge in [0.25, 0.3) is 0 Å². The molecular formula is C12H11BrN2OS. The van der Waals surface area contributed by atoms with Gasteiger partial charge in [-0.3, -0.25) is 4.98 Å². The van der Waals surface area contributed by atoms with Crippen molar-refractivity contribution in [2.75, 3.05) is 18.1 Å². The Morgan fingerprint density at radius 2 is 2.35 bits per heavy atom. The van der Waals surface area contributed by atoms with Gasteiger partial charge in [-0.1, -0.05) is 11.8 Å². The summed E-state index contributed by atoms with van der Waals surface area (Å²) in [6.07, 6.45) is 5.44. The largest absolute Gasteiger partial charge is 0.396 e. The maximum atomic E-state index is 8.64. The summed E-state index contributed by atoms with van der Waals surface area (Å²) in [5.41, 5.74) is 1.95. The predicted octanol–water partition coefficient (Wildman–Crippen LogP) is 2.40. The zero-order valence-electron chi connectivity index (χ0n) is 9.03. The summed E-state index contributed by atoms with van der Waals surface area (Å²) in [6, 6.07) is 0. The molecule has 0 fully saturated rings. The van der Waals surface area contributed by atoms with Gasteiger partial charge < -0.3 is 10.1 Å². The van der Waals surface area contributed by atoms with Gasteiger partial charge in [-0.25, -0.2) is 0 Å². The van der Waals surface area contributed by atoms with Gasteiger partial charge >= 0.3 is 0 Å². The number of aliphatic hydroxyl groups excluding tert-OH is 1. The van der Waals surface area contributed by atoms with Crippen LogP contribution in [0.5, 0.6) is 0 Å². The van der Waals surface area contributed by atoms with Crippen LogP contribution in [0.3, 0.4) is 0 Å². The molecule has 0 spiro atoms. The lowest BCUT2D eigenvalue weighted by atomic mass is 10.2. The molecule has 0 saturated carbocycles. The SMILES string of the molecule is OCCSCC#Cc1c[nH]c2cncc(Br)c12. The van der Waals surface area contributed by atoms with Crippen molar-refractivity contribution in [1.82, 2.24) is 9.97 Å². The van der Waals surface area contributed by atoms with E-state index >= 15 is 0 Å². The number of rotatable bonds is 3. The number of halogens is 1. The Hall–Kier alpha value is -0.960. The Morgan fingerprint density at radius 3 is 3.18 bits per heavy atom. The number of aromatic amines is 1. The molecule has 2 N–H and O–H groups in total. The maximum absolute atomic E-state index is 8.64. The summed E-state index contributed by atoms with van der Waals surface area (Å²) in [6.45, 7) is 0.205. The molecule has 0 bridgehead atoms. The number of nitrogens with zero attached hydrogens (tertiary/aromatic N) is 1. The average molecular weight is 311 g/mol. The summed E-state index contributed by atoms with van der Waals surface area (Å²) >= 11 is 5.10. The third-order valence-electron chi connectivity index (χ3n) is 2.17. The van der Waals surface area contributed by atoms with E-state index in [4.69, 9.17) is 5.11 Å². The minimum atomic E-state index is 0.205. The van der Waals surface area contributed by atoms with Crippen molar-refractivity contribution in [3.05, 3.63) is 28.6 Å². The molecule has 0 aromatic carbocycles. The third-order valence-corrected chi connectivity index (χ3v) is 3.59. The highest BCUT2D eigenvalue weighted by Crippen LogP contribution is 2.25. The first-order chi connectivity index (χ1) is 8.33. The molecule has 2 heterocycles. The Kier molecular flexibility index (Phi) is 4.49. The molecule has 17 heavy (non-hydrogen) atoms. The molecule has 3 nitrogen and oxygen atoms in total. The van der Waals surface area contributed by atoms with Crippen LogP contribution in [-0.4, -0.2) is 33.2 Å². The summed E-state index contributed by atoms with van der Waals surface area (Å²) in [5.74, 6) is 7.67. The van der Waals surface area contributed by atoms with Gasteiger partial charge in [-0.05, 0) is 15.9 Å². The minimum Gasteiger partial charge on any atom is -0.396 e. The summed E-state index contributed by atoms with van der Waals surface area (Å²) in [4.78, 5) is 7.23. The Bertz CT molecular complexity index is 571. The van der Waals surface area contributed by atoms with Crippen molar-refractivity contribution < 1.29 is 5.11 Å². The summed E-state index contributed by atoms with van der Waals surface area (Å²) in [5, 5.41) is 9.71. The lowest BCUT2D eigenvalue weighted by Crippen LogP contribution is -1.86.